The average molecular weight is 368 g/mol. The van der Waals surface area contributed by atoms with Crippen molar-refractivity contribution < 1.29 is 23.9 Å². The van der Waals surface area contributed by atoms with E-state index in [1.165, 1.54) is 0 Å². The van der Waals surface area contributed by atoms with Gasteiger partial charge >= 0.3 is 12.0 Å². The van der Waals surface area contributed by atoms with Gasteiger partial charge in [0.25, 0.3) is 5.91 Å². The van der Waals surface area contributed by atoms with Crippen molar-refractivity contribution in [2.75, 3.05) is 13.2 Å². The summed E-state index contributed by atoms with van der Waals surface area (Å²) in [5, 5.41) is 2.95. The molecule has 1 aliphatic heterocycles. The number of imide groups is 1. The lowest BCUT2D eigenvalue weighted by molar-refractivity contribution is -0.155. The van der Waals surface area contributed by atoms with E-state index in [1.54, 1.807) is 24.3 Å². The van der Waals surface area contributed by atoms with E-state index in [0.717, 1.165) is 4.90 Å². The number of hydrogen-bond donors (Lipinski definition) is 2. The number of primary amides is 1. The topological polar surface area (TPSA) is 119 Å². The third-order valence-corrected chi connectivity index (χ3v) is 3.94. The molecule has 0 radical (unpaired) electrons. The van der Waals surface area contributed by atoms with Crippen molar-refractivity contribution in [1.82, 2.24) is 10.2 Å². The molecule has 0 aliphatic carbocycles. The molecule has 1 aliphatic rings. The molecule has 3 N–H and O–H groups in total. The van der Waals surface area contributed by atoms with Gasteiger partial charge in [0.15, 0.2) is 6.61 Å². The lowest BCUT2D eigenvalue weighted by Gasteiger charge is -2.18. The molecule has 1 aromatic rings. The Hall–Kier alpha value is -2.61. The maximum Gasteiger partial charge on any atom is 0.312 e. The molecule has 1 heterocycles. The van der Waals surface area contributed by atoms with E-state index < -0.39 is 30.6 Å². The summed E-state index contributed by atoms with van der Waals surface area (Å²) in [6.45, 7) is -0.180. The third-order valence-electron chi connectivity index (χ3n) is 3.69. The van der Waals surface area contributed by atoms with Crippen LogP contribution < -0.4 is 11.1 Å². The number of benzene rings is 1. The second-order valence-corrected chi connectivity index (χ2v) is 5.96. The van der Waals surface area contributed by atoms with Crippen LogP contribution in [0, 0.1) is 0 Å². The van der Waals surface area contributed by atoms with Gasteiger partial charge < -0.3 is 15.8 Å². The summed E-state index contributed by atoms with van der Waals surface area (Å²) < 4.78 is 4.92. The molecule has 0 spiro atoms. The SMILES string of the molecule is NC(=O)N[C@H](CC(=O)OCC(=O)N1CCCC1=O)c1ccc(Cl)cc1. The highest BCUT2D eigenvalue weighted by Crippen LogP contribution is 2.20. The fourth-order valence-electron chi connectivity index (χ4n) is 2.48. The number of ether oxygens (including phenoxy) is 1. The zero-order chi connectivity index (χ0) is 18.4. The summed E-state index contributed by atoms with van der Waals surface area (Å²) in [5.74, 6) is -1.52. The number of esters is 1. The first-order chi connectivity index (χ1) is 11.9. The van der Waals surface area contributed by atoms with E-state index in [1.807, 2.05) is 0 Å². The second-order valence-electron chi connectivity index (χ2n) is 5.52. The number of urea groups is 1. The molecule has 1 saturated heterocycles. The highest BCUT2D eigenvalue weighted by atomic mass is 35.5. The van der Waals surface area contributed by atoms with Crippen LogP contribution in [-0.2, 0) is 19.1 Å². The number of hydrogen-bond acceptors (Lipinski definition) is 5. The first kappa shape index (κ1) is 18.7. The van der Waals surface area contributed by atoms with Gasteiger partial charge in [-0.2, -0.15) is 0 Å². The number of nitrogens with zero attached hydrogens (tertiary/aromatic N) is 1. The first-order valence-electron chi connectivity index (χ1n) is 7.67. The minimum Gasteiger partial charge on any atom is -0.455 e. The molecule has 0 unspecified atom stereocenters. The van der Waals surface area contributed by atoms with E-state index in [4.69, 9.17) is 22.1 Å². The molecular formula is C16H18ClN3O5. The summed E-state index contributed by atoms with van der Waals surface area (Å²) in [6.07, 6.45) is 0.715. The summed E-state index contributed by atoms with van der Waals surface area (Å²) in [5.41, 5.74) is 5.74. The Labute approximate surface area is 149 Å². The van der Waals surface area contributed by atoms with E-state index >= 15 is 0 Å². The number of carbonyl (C=O) groups is 4. The Morgan fingerprint density at radius 2 is 1.96 bits per heavy atom. The van der Waals surface area contributed by atoms with E-state index in [2.05, 4.69) is 5.32 Å². The van der Waals surface area contributed by atoms with Crippen LogP contribution in [0.1, 0.15) is 30.9 Å². The number of amides is 4. The largest absolute Gasteiger partial charge is 0.455 e. The van der Waals surface area contributed by atoms with Gasteiger partial charge in [-0.1, -0.05) is 23.7 Å². The van der Waals surface area contributed by atoms with Gasteiger partial charge in [0, 0.05) is 18.0 Å². The van der Waals surface area contributed by atoms with Crippen LogP contribution in [0.25, 0.3) is 0 Å². The zero-order valence-corrected chi connectivity index (χ0v) is 14.1. The molecular weight excluding hydrogens is 350 g/mol. The standard InChI is InChI=1S/C16H18ClN3O5/c17-11-5-3-10(4-6-11)12(19-16(18)24)8-15(23)25-9-14(22)20-7-1-2-13(20)21/h3-6,12H,1-2,7-9H2,(H3,18,19,24)/t12-/m1/s1. The molecule has 8 nitrogen and oxygen atoms in total. The van der Waals surface area contributed by atoms with Gasteiger partial charge in [-0.05, 0) is 24.1 Å². The van der Waals surface area contributed by atoms with Crippen molar-refractivity contribution in [3.8, 4) is 0 Å². The molecule has 0 saturated carbocycles. The minimum absolute atomic E-state index is 0.216. The maximum atomic E-state index is 12.0. The predicted molar refractivity (Wildman–Crippen MR) is 88.4 cm³/mol. The third kappa shape index (κ3) is 5.46. The monoisotopic (exact) mass is 367 g/mol. The van der Waals surface area contributed by atoms with Crippen molar-refractivity contribution in [2.24, 2.45) is 5.73 Å². The van der Waals surface area contributed by atoms with E-state index in [-0.39, 0.29) is 12.3 Å². The minimum atomic E-state index is -0.800. The summed E-state index contributed by atoms with van der Waals surface area (Å²) in [6, 6.07) is 4.99. The molecule has 1 fully saturated rings. The normalized spacial score (nSPS) is 14.9. The van der Waals surface area contributed by atoms with Crippen LogP contribution in [-0.4, -0.2) is 41.9 Å². The Morgan fingerprint density at radius 3 is 2.52 bits per heavy atom. The first-order valence-corrected chi connectivity index (χ1v) is 8.05. The summed E-state index contributed by atoms with van der Waals surface area (Å²) in [7, 11) is 0. The molecule has 1 aromatic carbocycles. The lowest BCUT2D eigenvalue weighted by Crippen LogP contribution is -2.37. The number of rotatable bonds is 6. The van der Waals surface area contributed by atoms with E-state index in [0.29, 0.717) is 30.0 Å². The highest BCUT2D eigenvalue weighted by molar-refractivity contribution is 6.30. The summed E-state index contributed by atoms with van der Waals surface area (Å²) >= 11 is 5.81. The van der Waals surface area contributed by atoms with Gasteiger partial charge in [0.1, 0.15) is 0 Å². The second kappa shape index (κ2) is 8.48. The van der Waals surface area contributed by atoms with Crippen molar-refractivity contribution in [3.63, 3.8) is 0 Å². The van der Waals surface area contributed by atoms with Crippen LogP contribution >= 0.6 is 11.6 Å². The van der Waals surface area contributed by atoms with Gasteiger partial charge in [-0.25, -0.2) is 4.79 Å². The molecule has 1 atom stereocenters. The van der Waals surface area contributed by atoms with Crippen molar-refractivity contribution >= 4 is 35.4 Å². The van der Waals surface area contributed by atoms with Crippen LogP contribution in [0.4, 0.5) is 4.79 Å². The average Bonchev–Trinajstić information content (AvgIpc) is 2.98. The van der Waals surface area contributed by atoms with Gasteiger partial charge in [0.05, 0.1) is 12.5 Å². The molecule has 2 rings (SSSR count). The number of nitrogens with two attached hydrogens (primary N) is 1. The molecule has 0 aromatic heterocycles. The van der Waals surface area contributed by atoms with Crippen LogP contribution in [0.5, 0.6) is 0 Å². The van der Waals surface area contributed by atoms with Crippen LogP contribution in [0.3, 0.4) is 0 Å². The quantitative estimate of drug-likeness (QED) is 0.730. The molecule has 134 valence electrons. The highest BCUT2D eigenvalue weighted by Gasteiger charge is 2.27. The fourth-order valence-corrected chi connectivity index (χ4v) is 2.60. The molecule has 9 heteroatoms. The molecule has 4 amide bonds. The smallest absolute Gasteiger partial charge is 0.312 e. The summed E-state index contributed by atoms with van der Waals surface area (Å²) in [4.78, 5) is 47.5. The maximum absolute atomic E-state index is 12.0. The van der Waals surface area contributed by atoms with Gasteiger partial charge in [0.2, 0.25) is 5.91 Å². The molecule has 0 bridgehead atoms. The van der Waals surface area contributed by atoms with Crippen molar-refractivity contribution in [2.45, 2.75) is 25.3 Å². The Kier molecular flexibility index (Phi) is 6.35. The van der Waals surface area contributed by atoms with Crippen LogP contribution in [0.15, 0.2) is 24.3 Å². The Morgan fingerprint density at radius 1 is 1.28 bits per heavy atom. The van der Waals surface area contributed by atoms with Gasteiger partial charge in [-0.3, -0.25) is 19.3 Å². The predicted octanol–water partition coefficient (Wildman–Crippen LogP) is 1.13. The lowest BCUT2D eigenvalue weighted by atomic mass is 10.0. The number of carbonyl (C=O) groups excluding carboxylic acids is 4. The number of nitrogens with one attached hydrogen (secondary N) is 1. The molecule has 25 heavy (non-hydrogen) atoms. The van der Waals surface area contributed by atoms with Crippen molar-refractivity contribution in [3.05, 3.63) is 34.9 Å². The van der Waals surface area contributed by atoms with Crippen molar-refractivity contribution in [1.29, 1.82) is 0 Å². The number of likely N-dealkylation sites (tertiary alicyclic amines) is 1. The fraction of sp³-hybridized carbons (Fsp3) is 0.375. The van der Waals surface area contributed by atoms with Crippen LogP contribution in [0.2, 0.25) is 5.02 Å². The van der Waals surface area contributed by atoms with E-state index in [9.17, 15) is 19.2 Å². The number of halogens is 1. The Balaban J connectivity index is 1.92. The zero-order valence-electron chi connectivity index (χ0n) is 13.4. The Bertz CT molecular complexity index is 677. The van der Waals surface area contributed by atoms with Gasteiger partial charge in [-0.15, -0.1) is 0 Å².